The number of ether oxygens (including phenoxy) is 1. The first-order valence-electron chi connectivity index (χ1n) is 6.57. The number of rotatable bonds is 5. The molecule has 1 atom stereocenters. The molecule has 1 N–H and O–H groups in total. The lowest BCUT2D eigenvalue weighted by Gasteiger charge is -2.28. The Morgan fingerprint density at radius 2 is 2.00 bits per heavy atom. The van der Waals surface area contributed by atoms with Crippen LogP contribution in [-0.2, 0) is 10.2 Å². The van der Waals surface area contributed by atoms with E-state index >= 15 is 0 Å². The van der Waals surface area contributed by atoms with E-state index in [-0.39, 0.29) is 6.04 Å². The molecule has 5 nitrogen and oxygen atoms in total. The first-order chi connectivity index (χ1) is 9.08. The zero-order chi connectivity index (χ0) is 13.9. The largest absolute Gasteiger partial charge is 0.493 e. The van der Waals surface area contributed by atoms with Crippen molar-refractivity contribution in [2.24, 2.45) is 0 Å². The van der Waals surface area contributed by atoms with E-state index < -0.39 is 10.2 Å². The summed E-state index contributed by atoms with van der Waals surface area (Å²) in [5.74, 6) is 0.765. The molecule has 0 saturated heterocycles. The molecule has 0 saturated carbocycles. The normalized spacial score (nSPS) is 19.0. The van der Waals surface area contributed by atoms with Gasteiger partial charge in [-0.2, -0.15) is 17.4 Å². The van der Waals surface area contributed by atoms with Crippen LogP contribution >= 0.6 is 0 Å². The van der Waals surface area contributed by atoms with Gasteiger partial charge in [-0.25, -0.2) is 0 Å². The van der Waals surface area contributed by atoms with E-state index in [4.69, 9.17) is 4.74 Å². The summed E-state index contributed by atoms with van der Waals surface area (Å²) < 4.78 is 34.2. The number of nitrogens with one attached hydrogen (secondary N) is 1. The third-order valence-electron chi connectivity index (χ3n) is 3.30. The molecule has 1 aromatic rings. The van der Waals surface area contributed by atoms with E-state index in [0.29, 0.717) is 26.1 Å². The summed E-state index contributed by atoms with van der Waals surface area (Å²) in [6, 6.07) is 7.35. The minimum absolute atomic E-state index is 0.212. The smallest absolute Gasteiger partial charge is 0.279 e. The van der Waals surface area contributed by atoms with Crippen molar-refractivity contribution in [2.75, 3.05) is 19.7 Å². The lowest BCUT2D eigenvalue weighted by Crippen LogP contribution is -2.43. The fourth-order valence-electron chi connectivity index (χ4n) is 2.28. The summed E-state index contributed by atoms with van der Waals surface area (Å²) in [6.45, 7) is 5.14. The standard InChI is InChI=1S/C13H20N2O3S/c1-3-15(4-2)19(16,17)14-12-9-10-18-13-8-6-5-7-11(12)13/h5-8,12,14H,3-4,9-10H2,1-2H3/t12-/m1/s1. The molecule has 0 unspecified atom stereocenters. The molecule has 0 bridgehead atoms. The Balaban J connectivity index is 2.21. The first kappa shape index (κ1) is 14.3. The van der Waals surface area contributed by atoms with Crippen molar-refractivity contribution in [1.29, 1.82) is 0 Å². The number of benzene rings is 1. The molecule has 0 fully saturated rings. The Morgan fingerprint density at radius 3 is 2.68 bits per heavy atom. The Hall–Kier alpha value is -1.11. The Kier molecular flexibility index (Phi) is 4.44. The molecule has 106 valence electrons. The highest BCUT2D eigenvalue weighted by Gasteiger charge is 2.28. The average Bonchev–Trinajstić information content (AvgIpc) is 2.40. The van der Waals surface area contributed by atoms with E-state index in [2.05, 4.69) is 4.72 Å². The van der Waals surface area contributed by atoms with Crippen LogP contribution in [0.4, 0.5) is 0 Å². The van der Waals surface area contributed by atoms with Crippen LogP contribution in [0.25, 0.3) is 0 Å². The molecule has 2 rings (SSSR count). The second-order valence-corrected chi connectivity index (χ2v) is 6.14. The molecule has 0 spiro atoms. The summed E-state index contributed by atoms with van der Waals surface area (Å²) in [7, 11) is -3.44. The van der Waals surface area contributed by atoms with E-state index in [9.17, 15) is 8.42 Å². The molecule has 0 amide bonds. The van der Waals surface area contributed by atoms with Gasteiger partial charge < -0.3 is 4.74 Å². The summed E-state index contributed by atoms with van der Waals surface area (Å²) in [4.78, 5) is 0. The molecular formula is C13H20N2O3S. The predicted octanol–water partition coefficient (Wildman–Crippen LogP) is 1.69. The van der Waals surface area contributed by atoms with Gasteiger partial charge >= 0.3 is 0 Å². The van der Waals surface area contributed by atoms with Crippen molar-refractivity contribution in [3.05, 3.63) is 29.8 Å². The fourth-order valence-corrected chi connectivity index (χ4v) is 3.72. The summed E-state index contributed by atoms with van der Waals surface area (Å²) in [6.07, 6.45) is 0.650. The Bertz CT molecular complexity index is 526. The van der Waals surface area contributed by atoms with Crippen LogP contribution in [0.2, 0.25) is 0 Å². The third-order valence-corrected chi connectivity index (χ3v) is 5.07. The molecule has 19 heavy (non-hydrogen) atoms. The molecule has 1 aliphatic heterocycles. The second kappa shape index (κ2) is 5.90. The lowest BCUT2D eigenvalue weighted by molar-refractivity contribution is 0.261. The quantitative estimate of drug-likeness (QED) is 0.895. The maximum absolute atomic E-state index is 12.2. The zero-order valence-corrected chi connectivity index (χ0v) is 12.1. The van der Waals surface area contributed by atoms with E-state index in [1.165, 1.54) is 4.31 Å². The summed E-state index contributed by atoms with van der Waals surface area (Å²) in [5, 5.41) is 0. The van der Waals surface area contributed by atoms with Gasteiger partial charge in [0.15, 0.2) is 0 Å². The van der Waals surface area contributed by atoms with Gasteiger partial charge in [0, 0.05) is 25.1 Å². The molecule has 1 heterocycles. The number of nitrogens with zero attached hydrogens (tertiary/aromatic N) is 1. The van der Waals surface area contributed by atoms with Crippen LogP contribution in [0, 0.1) is 0 Å². The number of fused-ring (bicyclic) bond motifs is 1. The molecular weight excluding hydrogens is 264 g/mol. The third kappa shape index (κ3) is 3.08. The zero-order valence-electron chi connectivity index (χ0n) is 11.3. The monoisotopic (exact) mass is 284 g/mol. The molecule has 1 aliphatic rings. The van der Waals surface area contributed by atoms with Gasteiger partial charge in [0.05, 0.1) is 12.6 Å². The molecule has 0 aliphatic carbocycles. The fraction of sp³-hybridized carbons (Fsp3) is 0.538. The molecule has 6 heteroatoms. The minimum atomic E-state index is -3.44. The molecule has 1 aromatic carbocycles. The summed E-state index contributed by atoms with van der Waals surface area (Å²) >= 11 is 0. The SMILES string of the molecule is CCN(CC)S(=O)(=O)N[C@@H]1CCOc2ccccc21. The van der Waals surface area contributed by atoms with E-state index in [0.717, 1.165) is 11.3 Å². The molecule has 0 radical (unpaired) electrons. The van der Waals surface area contributed by atoms with E-state index in [1.54, 1.807) is 0 Å². The van der Waals surface area contributed by atoms with E-state index in [1.807, 2.05) is 38.1 Å². The lowest BCUT2D eigenvalue weighted by atomic mass is 10.0. The van der Waals surface area contributed by atoms with Crippen LogP contribution < -0.4 is 9.46 Å². The highest BCUT2D eigenvalue weighted by Crippen LogP contribution is 2.32. The number of hydrogen-bond donors (Lipinski definition) is 1. The maximum atomic E-state index is 12.2. The topological polar surface area (TPSA) is 58.6 Å². The van der Waals surface area contributed by atoms with Crippen molar-refractivity contribution in [2.45, 2.75) is 26.3 Å². The Labute approximate surface area is 114 Å². The van der Waals surface area contributed by atoms with Gasteiger partial charge in [0.2, 0.25) is 0 Å². The first-order valence-corrected chi connectivity index (χ1v) is 8.01. The number of hydrogen-bond acceptors (Lipinski definition) is 3. The summed E-state index contributed by atoms with van der Waals surface area (Å²) in [5.41, 5.74) is 0.907. The van der Waals surface area contributed by atoms with Crippen molar-refractivity contribution in [3.8, 4) is 5.75 Å². The van der Waals surface area contributed by atoms with Crippen molar-refractivity contribution in [1.82, 2.24) is 9.03 Å². The van der Waals surface area contributed by atoms with Crippen molar-refractivity contribution < 1.29 is 13.2 Å². The highest BCUT2D eigenvalue weighted by atomic mass is 32.2. The van der Waals surface area contributed by atoms with Gasteiger partial charge in [-0.1, -0.05) is 32.0 Å². The molecule has 0 aromatic heterocycles. The second-order valence-electron chi connectivity index (χ2n) is 4.43. The maximum Gasteiger partial charge on any atom is 0.279 e. The van der Waals surface area contributed by atoms with Crippen LogP contribution in [-0.4, -0.2) is 32.4 Å². The predicted molar refractivity (Wildman–Crippen MR) is 74.3 cm³/mol. The van der Waals surface area contributed by atoms with Crippen molar-refractivity contribution >= 4 is 10.2 Å². The Morgan fingerprint density at radius 1 is 1.32 bits per heavy atom. The van der Waals surface area contributed by atoms with Gasteiger partial charge in [-0.3, -0.25) is 0 Å². The van der Waals surface area contributed by atoms with Crippen LogP contribution in [0.1, 0.15) is 31.9 Å². The van der Waals surface area contributed by atoms with Gasteiger partial charge in [-0.05, 0) is 6.07 Å². The van der Waals surface area contributed by atoms with Gasteiger partial charge in [0.25, 0.3) is 10.2 Å². The van der Waals surface area contributed by atoms with Gasteiger partial charge in [0.1, 0.15) is 5.75 Å². The van der Waals surface area contributed by atoms with Crippen LogP contribution in [0.5, 0.6) is 5.75 Å². The van der Waals surface area contributed by atoms with Gasteiger partial charge in [-0.15, -0.1) is 0 Å². The van der Waals surface area contributed by atoms with Crippen LogP contribution in [0.3, 0.4) is 0 Å². The number of para-hydroxylation sites is 1. The minimum Gasteiger partial charge on any atom is -0.493 e. The average molecular weight is 284 g/mol. The van der Waals surface area contributed by atoms with Crippen molar-refractivity contribution in [3.63, 3.8) is 0 Å². The van der Waals surface area contributed by atoms with Crippen LogP contribution in [0.15, 0.2) is 24.3 Å². The highest BCUT2D eigenvalue weighted by molar-refractivity contribution is 7.87.